The lowest BCUT2D eigenvalue weighted by Crippen LogP contribution is -2.16. The van der Waals surface area contributed by atoms with Crippen molar-refractivity contribution in [2.45, 2.75) is 46.6 Å². The molecular formula is C15H25NO. The fourth-order valence-corrected chi connectivity index (χ4v) is 1.86. The molecule has 0 aromatic heterocycles. The van der Waals surface area contributed by atoms with E-state index in [2.05, 4.69) is 45.1 Å². The van der Waals surface area contributed by atoms with Gasteiger partial charge in [-0.1, -0.05) is 19.9 Å². The van der Waals surface area contributed by atoms with Crippen LogP contribution in [0.1, 0.15) is 39.2 Å². The average Bonchev–Trinajstić information content (AvgIpc) is 2.27. The molecule has 0 amide bonds. The number of hydrogen-bond donors (Lipinski definition) is 1. The van der Waals surface area contributed by atoms with Gasteiger partial charge in [0.05, 0.1) is 12.8 Å². The summed E-state index contributed by atoms with van der Waals surface area (Å²) in [5.41, 5.74) is 2.35. The van der Waals surface area contributed by atoms with Crippen molar-refractivity contribution in [2.75, 3.05) is 12.4 Å². The molecule has 1 unspecified atom stereocenters. The highest BCUT2D eigenvalue weighted by Crippen LogP contribution is 2.26. The molecule has 1 N–H and O–H groups in total. The predicted octanol–water partition coefficient (Wildman–Crippen LogP) is 4.24. The van der Waals surface area contributed by atoms with E-state index in [0.717, 1.165) is 17.4 Å². The number of nitrogens with one attached hydrogen (secondary N) is 1. The SMILES string of the molecule is COc1ccc(C)cc1NC(C)CCC(C)C. The van der Waals surface area contributed by atoms with E-state index in [9.17, 15) is 0 Å². The van der Waals surface area contributed by atoms with Crippen LogP contribution in [0.3, 0.4) is 0 Å². The highest BCUT2D eigenvalue weighted by molar-refractivity contribution is 5.58. The Balaban J connectivity index is 2.63. The van der Waals surface area contributed by atoms with Crippen molar-refractivity contribution < 1.29 is 4.74 Å². The van der Waals surface area contributed by atoms with E-state index in [4.69, 9.17) is 4.74 Å². The third-order valence-electron chi connectivity index (χ3n) is 2.93. The van der Waals surface area contributed by atoms with E-state index in [-0.39, 0.29) is 0 Å². The average molecular weight is 235 g/mol. The van der Waals surface area contributed by atoms with E-state index in [1.165, 1.54) is 18.4 Å². The predicted molar refractivity (Wildman–Crippen MR) is 74.9 cm³/mol. The van der Waals surface area contributed by atoms with Gasteiger partial charge < -0.3 is 10.1 Å². The zero-order valence-electron chi connectivity index (χ0n) is 11.7. The minimum atomic E-state index is 0.480. The van der Waals surface area contributed by atoms with E-state index in [1.807, 2.05) is 6.07 Å². The maximum atomic E-state index is 5.36. The molecule has 1 atom stereocenters. The molecule has 2 nitrogen and oxygen atoms in total. The molecule has 0 fully saturated rings. The Morgan fingerprint density at radius 2 is 1.88 bits per heavy atom. The van der Waals surface area contributed by atoms with Gasteiger partial charge in [0.25, 0.3) is 0 Å². The summed E-state index contributed by atoms with van der Waals surface area (Å²) in [4.78, 5) is 0. The molecule has 1 aromatic carbocycles. The zero-order chi connectivity index (χ0) is 12.8. The second kappa shape index (κ2) is 6.53. The number of ether oxygens (including phenoxy) is 1. The molecular weight excluding hydrogens is 210 g/mol. The van der Waals surface area contributed by atoms with Crippen molar-refractivity contribution in [3.63, 3.8) is 0 Å². The maximum absolute atomic E-state index is 5.36. The number of rotatable bonds is 6. The van der Waals surface area contributed by atoms with Gasteiger partial charge in [0.1, 0.15) is 5.75 Å². The van der Waals surface area contributed by atoms with Crippen molar-refractivity contribution >= 4 is 5.69 Å². The lowest BCUT2D eigenvalue weighted by atomic mass is 10.0. The van der Waals surface area contributed by atoms with Crippen LogP contribution in [0.25, 0.3) is 0 Å². The fourth-order valence-electron chi connectivity index (χ4n) is 1.86. The second-order valence-electron chi connectivity index (χ2n) is 5.22. The topological polar surface area (TPSA) is 21.3 Å². The van der Waals surface area contributed by atoms with Crippen molar-refractivity contribution in [3.05, 3.63) is 23.8 Å². The van der Waals surface area contributed by atoms with Crippen LogP contribution in [0, 0.1) is 12.8 Å². The van der Waals surface area contributed by atoms with Gasteiger partial charge in [-0.3, -0.25) is 0 Å². The molecule has 1 rings (SSSR count). The van der Waals surface area contributed by atoms with Gasteiger partial charge in [0.2, 0.25) is 0 Å². The third kappa shape index (κ3) is 4.68. The molecule has 0 aliphatic heterocycles. The summed E-state index contributed by atoms with van der Waals surface area (Å²) in [5, 5.41) is 3.53. The molecule has 0 spiro atoms. The van der Waals surface area contributed by atoms with Crippen molar-refractivity contribution in [1.29, 1.82) is 0 Å². The van der Waals surface area contributed by atoms with E-state index in [1.54, 1.807) is 7.11 Å². The Bertz CT molecular complexity index is 347. The molecule has 0 saturated heterocycles. The van der Waals surface area contributed by atoms with Gasteiger partial charge in [-0.15, -0.1) is 0 Å². The summed E-state index contributed by atoms with van der Waals surface area (Å²) in [6.07, 6.45) is 2.44. The molecule has 0 bridgehead atoms. The van der Waals surface area contributed by atoms with Gasteiger partial charge in [-0.25, -0.2) is 0 Å². The molecule has 0 radical (unpaired) electrons. The van der Waals surface area contributed by atoms with Crippen molar-refractivity contribution in [2.24, 2.45) is 5.92 Å². The molecule has 0 aliphatic rings. The lowest BCUT2D eigenvalue weighted by molar-refractivity contribution is 0.415. The standard InChI is InChI=1S/C15H25NO/c1-11(2)6-8-13(4)16-14-10-12(3)7-9-15(14)17-5/h7,9-11,13,16H,6,8H2,1-5H3. The smallest absolute Gasteiger partial charge is 0.141 e. The minimum Gasteiger partial charge on any atom is -0.495 e. The maximum Gasteiger partial charge on any atom is 0.141 e. The largest absolute Gasteiger partial charge is 0.495 e. The van der Waals surface area contributed by atoms with Crippen LogP contribution >= 0.6 is 0 Å². The molecule has 1 aromatic rings. The number of aryl methyl sites for hydroxylation is 1. The van der Waals surface area contributed by atoms with Crippen LogP contribution in [0.2, 0.25) is 0 Å². The quantitative estimate of drug-likeness (QED) is 0.796. The Labute approximate surface area is 105 Å². The van der Waals surface area contributed by atoms with E-state index in [0.29, 0.717) is 6.04 Å². The summed E-state index contributed by atoms with van der Waals surface area (Å²) >= 11 is 0. The van der Waals surface area contributed by atoms with Crippen LogP contribution < -0.4 is 10.1 Å². The summed E-state index contributed by atoms with van der Waals surface area (Å²) in [6, 6.07) is 6.72. The first-order valence-corrected chi connectivity index (χ1v) is 6.44. The van der Waals surface area contributed by atoms with Crippen LogP contribution in [0.5, 0.6) is 5.75 Å². The summed E-state index contributed by atoms with van der Waals surface area (Å²) in [5.74, 6) is 1.69. The third-order valence-corrected chi connectivity index (χ3v) is 2.93. The highest BCUT2D eigenvalue weighted by Gasteiger charge is 2.07. The van der Waals surface area contributed by atoms with E-state index < -0.39 is 0 Å². The highest BCUT2D eigenvalue weighted by atomic mass is 16.5. The minimum absolute atomic E-state index is 0.480. The van der Waals surface area contributed by atoms with Crippen LogP contribution in [0.15, 0.2) is 18.2 Å². The Hall–Kier alpha value is -1.18. The zero-order valence-corrected chi connectivity index (χ0v) is 11.7. The van der Waals surface area contributed by atoms with Gasteiger partial charge in [-0.2, -0.15) is 0 Å². The number of benzene rings is 1. The van der Waals surface area contributed by atoms with Crippen LogP contribution in [-0.2, 0) is 0 Å². The Morgan fingerprint density at radius 3 is 2.47 bits per heavy atom. The summed E-state index contributed by atoms with van der Waals surface area (Å²) in [6.45, 7) is 8.85. The molecule has 0 aliphatic carbocycles. The van der Waals surface area contributed by atoms with Crippen LogP contribution in [0.4, 0.5) is 5.69 Å². The fraction of sp³-hybridized carbons (Fsp3) is 0.600. The van der Waals surface area contributed by atoms with Crippen molar-refractivity contribution in [3.8, 4) is 5.75 Å². The van der Waals surface area contributed by atoms with Gasteiger partial charge in [0, 0.05) is 6.04 Å². The first-order chi connectivity index (χ1) is 8.02. The molecule has 2 heteroatoms. The van der Waals surface area contributed by atoms with Crippen LogP contribution in [-0.4, -0.2) is 13.2 Å². The Kier molecular flexibility index (Phi) is 5.33. The van der Waals surface area contributed by atoms with Gasteiger partial charge in [-0.05, 0) is 50.3 Å². The van der Waals surface area contributed by atoms with E-state index >= 15 is 0 Å². The first-order valence-electron chi connectivity index (χ1n) is 6.44. The molecule has 17 heavy (non-hydrogen) atoms. The van der Waals surface area contributed by atoms with Crippen molar-refractivity contribution in [1.82, 2.24) is 0 Å². The molecule has 96 valence electrons. The molecule has 0 saturated carbocycles. The monoisotopic (exact) mass is 235 g/mol. The van der Waals surface area contributed by atoms with Gasteiger partial charge in [0.15, 0.2) is 0 Å². The summed E-state index contributed by atoms with van der Waals surface area (Å²) in [7, 11) is 1.72. The first kappa shape index (κ1) is 13.9. The molecule has 0 heterocycles. The van der Waals surface area contributed by atoms with Gasteiger partial charge >= 0.3 is 0 Å². The summed E-state index contributed by atoms with van der Waals surface area (Å²) < 4.78 is 5.36. The number of anilines is 1. The number of hydrogen-bond acceptors (Lipinski definition) is 2. The normalized spacial score (nSPS) is 12.6. The second-order valence-corrected chi connectivity index (χ2v) is 5.22. The number of methoxy groups -OCH3 is 1. The lowest BCUT2D eigenvalue weighted by Gasteiger charge is -2.18. The Morgan fingerprint density at radius 1 is 1.18 bits per heavy atom.